The second-order valence-electron chi connectivity index (χ2n) is 4.77. The first-order valence-electron chi connectivity index (χ1n) is 6.96. The van der Waals surface area contributed by atoms with Gasteiger partial charge in [-0.25, -0.2) is 4.98 Å². The first-order chi connectivity index (χ1) is 10.2. The van der Waals surface area contributed by atoms with Crippen molar-refractivity contribution in [2.24, 2.45) is 0 Å². The van der Waals surface area contributed by atoms with Crippen molar-refractivity contribution >= 4 is 5.91 Å². The van der Waals surface area contributed by atoms with E-state index in [2.05, 4.69) is 18.1 Å². The number of amides is 1. The fourth-order valence-corrected chi connectivity index (χ4v) is 2.12. The van der Waals surface area contributed by atoms with Crippen LogP contribution in [0.2, 0.25) is 0 Å². The van der Waals surface area contributed by atoms with Gasteiger partial charge in [0, 0.05) is 37.3 Å². The Kier molecular flexibility index (Phi) is 5.51. The van der Waals surface area contributed by atoms with Gasteiger partial charge < -0.3 is 14.4 Å². The predicted molar refractivity (Wildman–Crippen MR) is 80.4 cm³/mol. The molecule has 0 N–H and O–H groups in total. The van der Waals surface area contributed by atoms with Gasteiger partial charge in [-0.15, -0.1) is 13.2 Å². The summed E-state index contributed by atoms with van der Waals surface area (Å²) in [5, 5.41) is 0. The average Bonchev–Trinajstić information content (AvgIpc) is 2.99. The maximum absolute atomic E-state index is 12.4. The van der Waals surface area contributed by atoms with Crippen molar-refractivity contribution in [3.05, 3.63) is 49.2 Å². The van der Waals surface area contributed by atoms with Crippen LogP contribution < -0.4 is 4.74 Å². The summed E-state index contributed by atoms with van der Waals surface area (Å²) in [4.78, 5) is 18.2. The molecule has 0 spiro atoms. The van der Waals surface area contributed by atoms with E-state index in [1.54, 1.807) is 35.4 Å². The van der Waals surface area contributed by atoms with Gasteiger partial charge >= 0.3 is 0 Å². The van der Waals surface area contributed by atoms with E-state index < -0.39 is 0 Å². The lowest BCUT2D eigenvalue weighted by atomic mass is 10.2. The van der Waals surface area contributed by atoms with E-state index in [1.165, 1.54) is 0 Å². The Morgan fingerprint density at radius 1 is 1.48 bits per heavy atom. The molecule has 1 aliphatic rings. The van der Waals surface area contributed by atoms with Crippen LogP contribution in [0.3, 0.4) is 0 Å². The third kappa shape index (κ3) is 4.16. The number of rotatable bonds is 7. The summed E-state index contributed by atoms with van der Waals surface area (Å²) in [6, 6.07) is 3.35. The Hall–Kier alpha value is -2.14. The first kappa shape index (κ1) is 15.3. The lowest BCUT2D eigenvalue weighted by molar-refractivity contribution is 0.0789. The van der Waals surface area contributed by atoms with Crippen LogP contribution in [-0.4, -0.2) is 48.2 Å². The van der Waals surface area contributed by atoms with Crippen molar-refractivity contribution in [1.29, 1.82) is 0 Å². The van der Waals surface area contributed by atoms with E-state index in [0.717, 1.165) is 6.42 Å². The molecule has 1 saturated heterocycles. The number of aromatic nitrogens is 1. The maximum atomic E-state index is 12.4. The molecule has 1 aromatic heterocycles. The van der Waals surface area contributed by atoms with Crippen LogP contribution in [0.1, 0.15) is 16.8 Å². The number of carbonyl (C=O) groups excluding carboxylic acids is 1. The van der Waals surface area contributed by atoms with Crippen LogP contribution in [0.25, 0.3) is 0 Å². The van der Waals surface area contributed by atoms with Crippen LogP contribution in [0, 0.1) is 0 Å². The highest BCUT2D eigenvalue weighted by molar-refractivity contribution is 5.94. The van der Waals surface area contributed by atoms with Crippen LogP contribution in [0.5, 0.6) is 5.88 Å². The molecule has 0 aromatic carbocycles. The van der Waals surface area contributed by atoms with E-state index in [4.69, 9.17) is 9.47 Å². The smallest absolute Gasteiger partial charge is 0.254 e. The van der Waals surface area contributed by atoms with Crippen molar-refractivity contribution in [1.82, 2.24) is 9.88 Å². The topological polar surface area (TPSA) is 51.7 Å². The van der Waals surface area contributed by atoms with Gasteiger partial charge in [-0.05, 0) is 6.07 Å². The fourth-order valence-electron chi connectivity index (χ4n) is 2.12. The molecule has 1 amide bonds. The molecular formula is C16H20N2O3. The van der Waals surface area contributed by atoms with Gasteiger partial charge in [-0.1, -0.05) is 12.2 Å². The van der Waals surface area contributed by atoms with E-state index in [-0.39, 0.29) is 12.0 Å². The molecule has 21 heavy (non-hydrogen) atoms. The van der Waals surface area contributed by atoms with Gasteiger partial charge in [-0.2, -0.15) is 0 Å². The molecule has 0 saturated carbocycles. The van der Waals surface area contributed by atoms with Gasteiger partial charge in [0.25, 0.3) is 5.91 Å². The maximum Gasteiger partial charge on any atom is 0.254 e. The molecule has 0 aliphatic carbocycles. The van der Waals surface area contributed by atoms with Crippen molar-refractivity contribution in [3.63, 3.8) is 0 Å². The molecule has 1 aromatic rings. The van der Waals surface area contributed by atoms with Crippen molar-refractivity contribution in [2.45, 2.75) is 12.5 Å². The quantitative estimate of drug-likeness (QED) is 0.721. The molecule has 1 fully saturated rings. The summed E-state index contributed by atoms with van der Waals surface area (Å²) in [6.07, 6.45) is 5.82. The summed E-state index contributed by atoms with van der Waals surface area (Å²) in [5.74, 6) is 0.359. The molecule has 1 atom stereocenters. The molecular weight excluding hydrogens is 268 g/mol. The Morgan fingerprint density at radius 3 is 2.86 bits per heavy atom. The number of hydrogen-bond donors (Lipinski definition) is 0. The summed E-state index contributed by atoms with van der Waals surface area (Å²) < 4.78 is 11.0. The number of carbonyl (C=O) groups is 1. The molecule has 112 valence electrons. The second kappa shape index (κ2) is 7.59. The molecule has 2 rings (SSSR count). The number of nitrogens with zero attached hydrogens (tertiary/aromatic N) is 2. The molecule has 0 bridgehead atoms. The summed E-state index contributed by atoms with van der Waals surface area (Å²) in [6.45, 7) is 9.55. The fraction of sp³-hybridized carbons (Fsp3) is 0.375. The SMILES string of the molecule is C=CCN(CC=C)C(=O)c1ccnc(OC2CCOC2)c1. The van der Waals surface area contributed by atoms with Gasteiger partial charge in [0.2, 0.25) is 5.88 Å². The van der Waals surface area contributed by atoms with Crippen molar-refractivity contribution in [2.75, 3.05) is 26.3 Å². The van der Waals surface area contributed by atoms with Crippen molar-refractivity contribution < 1.29 is 14.3 Å². The van der Waals surface area contributed by atoms with Gasteiger partial charge in [0.1, 0.15) is 6.10 Å². The molecule has 1 unspecified atom stereocenters. The molecule has 5 heteroatoms. The third-order valence-electron chi connectivity index (χ3n) is 3.14. The molecule has 0 radical (unpaired) electrons. The number of ether oxygens (including phenoxy) is 2. The van der Waals surface area contributed by atoms with Crippen LogP contribution in [0.15, 0.2) is 43.6 Å². The minimum Gasteiger partial charge on any atom is -0.472 e. The Labute approximate surface area is 124 Å². The number of pyridine rings is 1. The van der Waals surface area contributed by atoms with Crippen LogP contribution in [-0.2, 0) is 4.74 Å². The van der Waals surface area contributed by atoms with Gasteiger partial charge in [-0.3, -0.25) is 4.79 Å². The largest absolute Gasteiger partial charge is 0.472 e. The zero-order chi connectivity index (χ0) is 15.1. The van der Waals surface area contributed by atoms with Gasteiger partial charge in [0.15, 0.2) is 0 Å². The monoisotopic (exact) mass is 288 g/mol. The van der Waals surface area contributed by atoms with E-state index in [9.17, 15) is 4.79 Å². The van der Waals surface area contributed by atoms with E-state index in [1.807, 2.05) is 0 Å². The Morgan fingerprint density at radius 2 is 2.24 bits per heavy atom. The van der Waals surface area contributed by atoms with E-state index in [0.29, 0.717) is 37.7 Å². The van der Waals surface area contributed by atoms with E-state index >= 15 is 0 Å². The zero-order valence-corrected chi connectivity index (χ0v) is 12.0. The Balaban J connectivity index is 2.09. The van der Waals surface area contributed by atoms with Crippen LogP contribution >= 0.6 is 0 Å². The predicted octanol–water partition coefficient (Wildman–Crippen LogP) is 2.06. The lowest BCUT2D eigenvalue weighted by Crippen LogP contribution is -2.31. The number of hydrogen-bond acceptors (Lipinski definition) is 4. The van der Waals surface area contributed by atoms with Crippen molar-refractivity contribution in [3.8, 4) is 5.88 Å². The summed E-state index contributed by atoms with van der Waals surface area (Å²) in [7, 11) is 0. The highest BCUT2D eigenvalue weighted by atomic mass is 16.5. The minimum atomic E-state index is -0.0929. The highest BCUT2D eigenvalue weighted by Crippen LogP contribution is 2.16. The second-order valence-corrected chi connectivity index (χ2v) is 4.77. The Bertz CT molecular complexity index is 500. The third-order valence-corrected chi connectivity index (χ3v) is 3.14. The summed E-state index contributed by atoms with van der Waals surface area (Å²) >= 11 is 0. The van der Waals surface area contributed by atoms with Crippen LogP contribution in [0.4, 0.5) is 0 Å². The van der Waals surface area contributed by atoms with Gasteiger partial charge in [0.05, 0.1) is 13.2 Å². The zero-order valence-electron chi connectivity index (χ0n) is 12.0. The standard InChI is InChI=1S/C16H20N2O3/c1-3-8-18(9-4-2)16(19)13-5-7-17-15(11-13)21-14-6-10-20-12-14/h3-5,7,11,14H,1-2,6,8-10,12H2. The average molecular weight is 288 g/mol. The summed E-state index contributed by atoms with van der Waals surface area (Å²) in [5.41, 5.74) is 0.544. The normalized spacial score (nSPS) is 17.2. The molecule has 5 nitrogen and oxygen atoms in total. The molecule has 1 aliphatic heterocycles. The molecule has 2 heterocycles. The minimum absolute atomic E-state index is 0.0142. The first-order valence-corrected chi connectivity index (χ1v) is 6.96. The highest BCUT2D eigenvalue weighted by Gasteiger charge is 2.19. The lowest BCUT2D eigenvalue weighted by Gasteiger charge is -2.19.